The molecule has 0 spiro atoms. The predicted octanol–water partition coefficient (Wildman–Crippen LogP) is 3.73. The van der Waals surface area contributed by atoms with Gasteiger partial charge in [-0.2, -0.15) is 8.78 Å². The second-order valence-corrected chi connectivity index (χ2v) is 11.2. The zero-order valence-corrected chi connectivity index (χ0v) is 22.9. The van der Waals surface area contributed by atoms with Crippen LogP contribution in [0, 0.1) is 5.82 Å². The first-order valence-electron chi connectivity index (χ1n) is 12.9. The van der Waals surface area contributed by atoms with Gasteiger partial charge >= 0.3 is 14.5 Å². The third-order valence-corrected chi connectivity index (χ3v) is 8.10. The van der Waals surface area contributed by atoms with E-state index in [-0.39, 0.29) is 38.8 Å². The summed E-state index contributed by atoms with van der Waals surface area (Å²) in [5.41, 5.74) is 0.714. The van der Waals surface area contributed by atoms with Crippen molar-refractivity contribution in [1.29, 1.82) is 0 Å². The molecule has 1 saturated heterocycles. The summed E-state index contributed by atoms with van der Waals surface area (Å²) >= 11 is 0. The third kappa shape index (κ3) is 6.28. The Hall–Kier alpha value is -3.38. The van der Waals surface area contributed by atoms with Gasteiger partial charge in [0.1, 0.15) is 18.6 Å². The Labute approximate surface area is 234 Å². The van der Waals surface area contributed by atoms with Gasteiger partial charge in [-0.05, 0) is 60.7 Å². The molecule has 2 fully saturated rings. The number of imide groups is 1. The highest BCUT2D eigenvalue weighted by molar-refractivity contribution is 7.41. The zero-order valence-electron chi connectivity index (χ0n) is 22.0. The van der Waals surface area contributed by atoms with Crippen molar-refractivity contribution in [2.45, 2.75) is 56.8 Å². The Bertz CT molecular complexity index is 1360. The lowest BCUT2D eigenvalue weighted by molar-refractivity contribution is -0.156. The molecule has 3 aliphatic rings. The highest BCUT2D eigenvalue weighted by Crippen LogP contribution is 2.45. The van der Waals surface area contributed by atoms with E-state index in [9.17, 15) is 32.3 Å². The van der Waals surface area contributed by atoms with E-state index in [4.69, 9.17) is 13.6 Å². The van der Waals surface area contributed by atoms with E-state index in [1.54, 1.807) is 6.07 Å². The van der Waals surface area contributed by atoms with Crippen LogP contribution in [0.1, 0.15) is 52.7 Å². The molecule has 0 radical (unpaired) electrons. The van der Waals surface area contributed by atoms with Crippen molar-refractivity contribution in [2.24, 2.45) is 0 Å². The van der Waals surface area contributed by atoms with E-state index in [0.717, 1.165) is 42.0 Å². The summed E-state index contributed by atoms with van der Waals surface area (Å²) in [6.07, 6.45) is 2.01. The fraction of sp³-hybridized carbons (Fsp3) is 0.407. The van der Waals surface area contributed by atoms with E-state index >= 15 is 0 Å². The maximum atomic E-state index is 14.5. The maximum absolute atomic E-state index is 14.5. The summed E-state index contributed by atoms with van der Waals surface area (Å²) in [7, 11) is -0.312. The number of benzene rings is 2. The summed E-state index contributed by atoms with van der Waals surface area (Å²) in [4.78, 5) is 53.5. The van der Waals surface area contributed by atoms with Crippen LogP contribution in [0.25, 0.3) is 0 Å². The van der Waals surface area contributed by atoms with Gasteiger partial charge in [0.15, 0.2) is 0 Å². The Morgan fingerprint density at radius 2 is 1.83 bits per heavy atom. The van der Waals surface area contributed by atoms with Gasteiger partial charge in [-0.1, -0.05) is 12.1 Å². The summed E-state index contributed by atoms with van der Waals surface area (Å²) < 4.78 is 58.4. The molecule has 2 aliphatic heterocycles. The number of carbonyl (C=O) groups excluding carboxylic acids is 4. The van der Waals surface area contributed by atoms with E-state index in [0.29, 0.717) is 16.7 Å². The van der Waals surface area contributed by atoms with Crippen molar-refractivity contribution in [1.82, 2.24) is 15.1 Å². The number of carbonyl (C=O) groups is 4. The highest BCUT2D eigenvalue weighted by atomic mass is 31.2. The standard InChI is InChI=1S/C27H27F3N3O7P/c1-38-41(40-20-7-8-20)39-15-33-23(34)11-10-22(25(33)36)32-14-17-12-16(2-9-21(17)24(32)35)13-31-26(37)27(29,30)18-3-5-19(28)6-4-18/h2-6,9,12,20,22H,7-8,10-11,13-15H2,1H3,(H,31,37). The Morgan fingerprint density at radius 1 is 1.10 bits per heavy atom. The van der Waals surface area contributed by atoms with Gasteiger partial charge in [0.2, 0.25) is 5.91 Å². The summed E-state index contributed by atoms with van der Waals surface area (Å²) in [6, 6.07) is 7.12. The number of nitrogens with zero attached hydrogens (tertiary/aromatic N) is 2. The van der Waals surface area contributed by atoms with E-state index in [1.807, 2.05) is 0 Å². The summed E-state index contributed by atoms with van der Waals surface area (Å²) in [5, 5.41) is 2.18. The number of nitrogens with one attached hydrogen (secondary N) is 1. The second-order valence-electron chi connectivity index (χ2n) is 9.87. The quantitative estimate of drug-likeness (QED) is 0.312. The molecule has 2 heterocycles. The Morgan fingerprint density at radius 3 is 2.51 bits per heavy atom. The van der Waals surface area contributed by atoms with Gasteiger partial charge in [-0.3, -0.25) is 28.6 Å². The monoisotopic (exact) mass is 593 g/mol. The molecule has 2 unspecified atom stereocenters. The topological polar surface area (TPSA) is 114 Å². The number of likely N-dealkylation sites (tertiary alicyclic amines) is 1. The number of hydrogen-bond donors (Lipinski definition) is 1. The lowest BCUT2D eigenvalue weighted by Crippen LogP contribution is -2.55. The SMILES string of the molecule is COP(OCN1C(=O)CCC(N2Cc3cc(CNC(=O)C(F)(F)c4ccc(F)cc4)ccc3C2=O)C1=O)OC1CC1. The van der Waals surface area contributed by atoms with Gasteiger partial charge < -0.3 is 19.3 Å². The summed E-state index contributed by atoms with van der Waals surface area (Å²) in [6.45, 7) is -0.539. The molecule has 2 aromatic carbocycles. The number of rotatable bonds is 11. The first-order chi connectivity index (χ1) is 19.6. The minimum absolute atomic E-state index is 0.0355. The molecular weight excluding hydrogens is 566 g/mol. The molecule has 1 saturated carbocycles. The second kappa shape index (κ2) is 11.8. The number of fused-ring (bicyclic) bond motifs is 1. The van der Waals surface area contributed by atoms with Gasteiger partial charge in [-0.25, -0.2) is 4.39 Å². The minimum atomic E-state index is -3.87. The molecular formula is C27H27F3N3O7P. The third-order valence-electron chi connectivity index (χ3n) is 7.01. The van der Waals surface area contributed by atoms with E-state index in [2.05, 4.69) is 5.32 Å². The Balaban J connectivity index is 1.21. The Kier molecular flexibility index (Phi) is 8.42. The van der Waals surface area contributed by atoms with Crippen LogP contribution >= 0.6 is 8.60 Å². The van der Waals surface area contributed by atoms with Crippen LogP contribution in [-0.2, 0) is 47.0 Å². The normalized spacial score (nSPS) is 19.9. The fourth-order valence-corrected chi connectivity index (χ4v) is 5.53. The van der Waals surface area contributed by atoms with Crippen LogP contribution in [0.5, 0.6) is 0 Å². The first-order valence-corrected chi connectivity index (χ1v) is 14.0. The molecule has 218 valence electrons. The molecule has 2 atom stereocenters. The molecule has 1 aliphatic carbocycles. The molecule has 0 aromatic heterocycles. The van der Waals surface area contributed by atoms with Crippen LogP contribution in [0.3, 0.4) is 0 Å². The zero-order chi connectivity index (χ0) is 29.3. The van der Waals surface area contributed by atoms with Gasteiger partial charge in [0.05, 0.1) is 6.10 Å². The molecule has 5 rings (SSSR count). The van der Waals surface area contributed by atoms with Crippen molar-refractivity contribution in [3.63, 3.8) is 0 Å². The lowest BCUT2D eigenvalue weighted by atomic mass is 10.0. The van der Waals surface area contributed by atoms with Crippen LogP contribution in [0.15, 0.2) is 42.5 Å². The van der Waals surface area contributed by atoms with Crippen molar-refractivity contribution in [3.8, 4) is 0 Å². The number of alkyl halides is 2. The van der Waals surface area contributed by atoms with Crippen molar-refractivity contribution < 1.29 is 45.9 Å². The molecule has 10 nitrogen and oxygen atoms in total. The average Bonchev–Trinajstić information content (AvgIpc) is 3.72. The van der Waals surface area contributed by atoms with E-state index < -0.39 is 55.6 Å². The number of hydrogen-bond acceptors (Lipinski definition) is 7. The number of amides is 4. The van der Waals surface area contributed by atoms with Crippen molar-refractivity contribution in [2.75, 3.05) is 13.8 Å². The molecule has 4 amide bonds. The predicted molar refractivity (Wildman–Crippen MR) is 137 cm³/mol. The lowest BCUT2D eigenvalue weighted by Gasteiger charge is -2.35. The van der Waals surface area contributed by atoms with Gasteiger partial charge in [0.25, 0.3) is 17.7 Å². The van der Waals surface area contributed by atoms with Crippen LogP contribution in [0.2, 0.25) is 0 Å². The fourth-order valence-electron chi connectivity index (χ4n) is 4.61. The van der Waals surface area contributed by atoms with Gasteiger partial charge in [-0.15, -0.1) is 0 Å². The van der Waals surface area contributed by atoms with Gasteiger partial charge in [0, 0.05) is 37.7 Å². The minimum Gasteiger partial charge on any atom is -0.346 e. The molecule has 41 heavy (non-hydrogen) atoms. The first kappa shape index (κ1) is 29.1. The smallest absolute Gasteiger partial charge is 0.346 e. The number of halogens is 3. The highest BCUT2D eigenvalue weighted by Gasteiger charge is 2.44. The van der Waals surface area contributed by atoms with Crippen molar-refractivity contribution >= 4 is 32.2 Å². The molecule has 2 aromatic rings. The van der Waals surface area contributed by atoms with Crippen LogP contribution in [0.4, 0.5) is 13.2 Å². The molecule has 14 heteroatoms. The molecule has 1 N–H and O–H groups in total. The maximum Gasteiger partial charge on any atom is 0.349 e. The van der Waals surface area contributed by atoms with Crippen molar-refractivity contribution in [3.05, 3.63) is 70.5 Å². The van der Waals surface area contributed by atoms with Crippen LogP contribution in [-0.4, -0.2) is 59.4 Å². The average molecular weight is 593 g/mol. The largest absolute Gasteiger partial charge is 0.349 e. The summed E-state index contributed by atoms with van der Waals surface area (Å²) in [5.74, 6) is -7.53. The van der Waals surface area contributed by atoms with Crippen LogP contribution < -0.4 is 5.32 Å². The number of piperidine rings is 1. The molecule has 0 bridgehead atoms. The van der Waals surface area contributed by atoms with E-state index in [1.165, 1.54) is 24.1 Å².